The molecule has 0 radical (unpaired) electrons. The molecule has 2 aliphatic carbocycles. The normalized spacial score (nSPS) is 19.3. The van der Waals surface area contributed by atoms with Crippen molar-refractivity contribution in [1.29, 1.82) is 0 Å². The average Bonchev–Trinajstić information content (AvgIpc) is 3.66. The maximum Gasteiger partial charge on any atom is 0.317 e. The molecule has 7 nitrogen and oxygen atoms in total. The number of carboxylic acids is 1. The molecule has 1 aliphatic heterocycles. The molecule has 5 rings (SSSR count). The fourth-order valence-electron chi connectivity index (χ4n) is 5.95. The van der Waals surface area contributed by atoms with E-state index in [2.05, 4.69) is 17.1 Å². The summed E-state index contributed by atoms with van der Waals surface area (Å²) in [5.74, 6) is 0.125. The van der Waals surface area contributed by atoms with E-state index in [0.29, 0.717) is 55.9 Å². The monoisotopic (exact) mass is 551 g/mol. The number of carbonyl (C=O) groups excluding carboxylic acids is 1. The molecular formula is C31H38ClN3O4. The highest BCUT2D eigenvalue weighted by molar-refractivity contribution is 6.31. The number of aromatic amines is 1. The Labute approximate surface area is 234 Å². The summed E-state index contributed by atoms with van der Waals surface area (Å²) in [4.78, 5) is 43.6. The van der Waals surface area contributed by atoms with Gasteiger partial charge in [0.25, 0.3) is 5.56 Å². The van der Waals surface area contributed by atoms with Gasteiger partial charge in [-0.2, -0.15) is 0 Å². The quantitative estimate of drug-likeness (QED) is 0.453. The fourth-order valence-corrected chi connectivity index (χ4v) is 6.22. The maximum absolute atomic E-state index is 12.9. The van der Waals surface area contributed by atoms with Gasteiger partial charge in [0.2, 0.25) is 5.91 Å². The molecular weight excluding hydrogens is 514 g/mol. The van der Waals surface area contributed by atoms with Gasteiger partial charge in [-0.05, 0) is 73.6 Å². The zero-order valence-electron chi connectivity index (χ0n) is 22.5. The minimum absolute atomic E-state index is 0.00754. The van der Waals surface area contributed by atoms with Gasteiger partial charge in [0.15, 0.2) is 0 Å². The van der Waals surface area contributed by atoms with Gasteiger partial charge in [-0.15, -0.1) is 0 Å². The molecule has 2 N–H and O–H groups in total. The van der Waals surface area contributed by atoms with Crippen molar-refractivity contribution >= 4 is 29.1 Å². The van der Waals surface area contributed by atoms with E-state index in [-0.39, 0.29) is 18.0 Å². The van der Waals surface area contributed by atoms with Gasteiger partial charge in [0, 0.05) is 54.5 Å². The molecule has 1 aromatic carbocycles. The number of allylic oxidation sites excluding steroid dienone is 1. The molecule has 1 aromatic heterocycles. The van der Waals surface area contributed by atoms with Crippen LogP contribution in [-0.2, 0) is 16.0 Å². The van der Waals surface area contributed by atoms with Crippen molar-refractivity contribution in [2.45, 2.75) is 63.7 Å². The van der Waals surface area contributed by atoms with Crippen molar-refractivity contribution in [2.24, 2.45) is 5.92 Å². The number of benzene rings is 1. The Morgan fingerprint density at radius 2 is 1.79 bits per heavy atom. The van der Waals surface area contributed by atoms with Gasteiger partial charge >= 0.3 is 5.97 Å². The molecule has 0 unspecified atom stereocenters. The number of H-pyrrole nitrogens is 1. The molecule has 1 saturated heterocycles. The number of hydrogen-bond donors (Lipinski definition) is 2. The number of nitrogens with zero attached hydrogens (tertiary/aromatic N) is 2. The van der Waals surface area contributed by atoms with Crippen LogP contribution in [0.5, 0.6) is 0 Å². The second-order valence-corrected chi connectivity index (χ2v) is 11.7. The van der Waals surface area contributed by atoms with E-state index in [1.54, 1.807) is 0 Å². The van der Waals surface area contributed by atoms with Gasteiger partial charge in [-0.25, -0.2) is 0 Å². The van der Waals surface area contributed by atoms with Crippen LogP contribution in [-0.4, -0.2) is 64.5 Å². The first-order valence-electron chi connectivity index (χ1n) is 14.3. The van der Waals surface area contributed by atoms with Crippen LogP contribution in [0.3, 0.4) is 0 Å². The second-order valence-electron chi connectivity index (χ2n) is 11.3. The number of rotatable bonds is 9. The summed E-state index contributed by atoms with van der Waals surface area (Å²) in [6, 6.07) is 10.0. The lowest BCUT2D eigenvalue weighted by molar-refractivity contribution is -0.138. The van der Waals surface area contributed by atoms with Crippen molar-refractivity contribution in [3.63, 3.8) is 0 Å². The standard InChI is InChI=1S/C31H38ClN3O4/c32-27-19-24(9-8-23(27)10-13-29(36)35-15-3-14-34(16-17-35)20-30(37)38)26(18-21-4-1-2-5-21)28-12-11-25(22-6-7-22)31(39)33-28/h8-9,11-12,18-19,21-22H,1-7,10,13-17,20H2,(H,33,39)(H,37,38)/b26-18+. The van der Waals surface area contributed by atoms with Crippen LogP contribution in [0, 0.1) is 5.92 Å². The third-order valence-electron chi connectivity index (χ3n) is 8.32. The lowest BCUT2D eigenvalue weighted by Crippen LogP contribution is -2.36. The summed E-state index contributed by atoms with van der Waals surface area (Å²) in [6.07, 6.45) is 10.9. The van der Waals surface area contributed by atoms with E-state index < -0.39 is 5.97 Å². The lowest BCUT2D eigenvalue weighted by atomic mass is 9.94. The van der Waals surface area contributed by atoms with Crippen LogP contribution in [0.1, 0.15) is 79.7 Å². The smallest absolute Gasteiger partial charge is 0.317 e. The Bertz CT molecular complexity index is 1290. The summed E-state index contributed by atoms with van der Waals surface area (Å²) in [6.45, 7) is 2.47. The highest BCUT2D eigenvalue weighted by atomic mass is 35.5. The third kappa shape index (κ3) is 7.20. The Kier molecular flexibility index (Phi) is 8.88. The highest BCUT2D eigenvalue weighted by Crippen LogP contribution is 2.39. The first-order valence-corrected chi connectivity index (χ1v) is 14.7. The topological polar surface area (TPSA) is 93.7 Å². The van der Waals surface area contributed by atoms with Crippen molar-refractivity contribution < 1.29 is 14.7 Å². The van der Waals surface area contributed by atoms with Crippen LogP contribution in [0.15, 0.2) is 41.2 Å². The van der Waals surface area contributed by atoms with Gasteiger partial charge in [0.05, 0.1) is 6.54 Å². The number of halogens is 1. The van der Waals surface area contributed by atoms with E-state index in [4.69, 9.17) is 16.7 Å². The minimum atomic E-state index is -0.837. The summed E-state index contributed by atoms with van der Waals surface area (Å²) in [7, 11) is 0. The summed E-state index contributed by atoms with van der Waals surface area (Å²) in [5, 5.41) is 9.67. The van der Waals surface area contributed by atoms with Crippen LogP contribution in [0.25, 0.3) is 5.57 Å². The van der Waals surface area contributed by atoms with Crippen LogP contribution in [0.2, 0.25) is 5.02 Å². The number of carboxylic acid groups (broad SMARTS) is 1. The van der Waals surface area contributed by atoms with Gasteiger partial charge < -0.3 is 15.0 Å². The number of aliphatic carboxylic acids is 1. The van der Waals surface area contributed by atoms with Crippen LogP contribution in [0.4, 0.5) is 0 Å². The average molecular weight is 552 g/mol. The molecule has 2 aromatic rings. The fraction of sp³-hybridized carbons (Fsp3) is 0.516. The predicted octanol–water partition coefficient (Wildman–Crippen LogP) is 5.08. The molecule has 208 valence electrons. The molecule has 39 heavy (non-hydrogen) atoms. The van der Waals surface area contributed by atoms with Crippen molar-refractivity contribution in [3.8, 4) is 0 Å². The minimum Gasteiger partial charge on any atom is -0.480 e. The second kappa shape index (κ2) is 12.5. The van der Waals surface area contributed by atoms with Crippen LogP contribution < -0.4 is 5.56 Å². The lowest BCUT2D eigenvalue weighted by Gasteiger charge is -2.21. The summed E-state index contributed by atoms with van der Waals surface area (Å²) >= 11 is 6.76. The van der Waals surface area contributed by atoms with Gasteiger partial charge in [0.1, 0.15) is 0 Å². The zero-order valence-corrected chi connectivity index (χ0v) is 23.2. The molecule has 2 saturated carbocycles. The molecule has 8 heteroatoms. The Morgan fingerprint density at radius 1 is 1.00 bits per heavy atom. The molecule has 2 heterocycles. The summed E-state index contributed by atoms with van der Waals surface area (Å²) in [5.41, 5.74) is 4.63. The van der Waals surface area contributed by atoms with Crippen molar-refractivity contribution in [1.82, 2.24) is 14.8 Å². The van der Waals surface area contributed by atoms with E-state index in [9.17, 15) is 14.4 Å². The Balaban J connectivity index is 1.28. The number of aromatic nitrogens is 1. The van der Waals surface area contributed by atoms with E-state index in [1.165, 1.54) is 12.8 Å². The largest absolute Gasteiger partial charge is 0.480 e. The van der Waals surface area contributed by atoms with E-state index >= 15 is 0 Å². The number of nitrogens with one attached hydrogen (secondary N) is 1. The number of aryl methyl sites for hydroxylation is 1. The van der Waals surface area contributed by atoms with Crippen molar-refractivity contribution in [3.05, 3.63) is 74.2 Å². The van der Waals surface area contributed by atoms with E-state index in [0.717, 1.165) is 60.1 Å². The number of amides is 1. The molecule has 1 amide bonds. The SMILES string of the molecule is O=C(O)CN1CCCN(C(=O)CCc2ccc(/C(=C\C3CCCC3)c3ccc(C4CC4)c(=O)[nH]3)cc2Cl)CC1. The number of hydrogen-bond acceptors (Lipinski definition) is 4. The molecule has 0 bridgehead atoms. The number of pyridine rings is 1. The highest BCUT2D eigenvalue weighted by Gasteiger charge is 2.27. The Morgan fingerprint density at radius 3 is 2.49 bits per heavy atom. The molecule has 3 aliphatic rings. The van der Waals surface area contributed by atoms with Gasteiger partial charge in [-0.3, -0.25) is 19.3 Å². The molecule has 3 fully saturated rings. The first kappa shape index (κ1) is 27.7. The third-order valence-corrected chi connectivity index (χ3v) is 8.67. The Hall–Kier alpha value is -2.90. The maximum atomic E-state index is 12.9. The van der Waals surface area contributed by atoms with E-state index in [1.807, 2.05) is 34.1 Å². The van der Waals surface area contributed by atoms with Crippen LogP contribution >= 0.6 is 11.6 Å². The predicted molar refractivity (Wildman–Crippen MR) is 153 cm³/mol. The summed E-state index contributed by atoms with van der Waals surface area (Å²) < 4.78 is 0. The molecule has 0 spiro atoms. The molecule has 0 atom stereocenters. The van der Waals surface area contributed by atoms with Crippen molar-refractivity contribution in [2.75, 3.05) is 32.7 Å². The number of carbonyl (C=O) groups is 2. The zero-order chi connectivity index (χ0) is 27.4. The first-order chi connectivity index (χ1) is 18.9. The van der Waals surface area contributed by atoms with Gasteiger partial charge in [-0.1, -0.05) is 48.7 Å².